The molecule has 0 radical (unpaired) electrons. The van der Waals surface area contributed by atoms with Crippen molar-refractivity contribution in [2.75, 3.05) is 7.11 Å². The van der Waals surface area contributed by atoms with E-state index in [1.165, 1.54) is 11.1 Å². The third-order valence-electron chi connectivity index (χ3n) is 3.98. The number of nitrogens with zero attached hydrogens (tertiary/aromatic N) is 1. The van der Waals surface area contributed by atoms with Gasteiger partial charge < -0.3 is 4.74 Å². The molecule has 0 aliphatic rings. The molecule has 3 nitrogen and oxygen atoms in total. The first-order valence-electron chi connectivity index (χ1n) is 8.73. The van der Waals surface area contributed by atoms with Crippen molar-refractivity contribution in [3.63, 3.8) is 0 Å². The molecule has 0 bridgehead atoms. The fourth-order valence-corrected chi connectivity index (χ4v) is 2.69. The lowest BCUT2D eigenvalue weighted by molar-refractivity contribution is 0.176. The summed E-state index contributed by atoms with van der Waals surface area (Å²) in [4.78, 5) is 0. The topological polar surface area (TPSA) is 29.9 Å². The van der Waals surface area contributed by atoms with Crippen LogP contribution in [0.4, 0.5) is 0 Å². The van der Waals surface area contributed by atoms with Crippen LogP contribution < -0.4 is 0 Å². The van der Waals surface area contributed by atoms with E-state index >= 15 is 0 Å². The second-order valence-corrected chi connectivity index (χ2v) is 6.05. The van der Waals surface area contributed by atoms with Gasteiger partial charge in [0.2, 0.25) is 0 Å². The van der Waals surface area contributed by atoms with Crippen LogP contribution in [0.25, 0.3) is 5.69 Å². The Labute approximate surface area is 154 Å². The normalized spacial score (nSPS) is 10.2. The Kier molecular flexibility index (Phi) is 6.46. The van der Waals surface area contributed by atoms with Gasteiger partial charge in [-0.25, -0.2) is 0 Å². The molecule has 4 rings (SSSR count). The van der Waals surface area contributed by atoms with Crippen molar-refractivity contribution in [1.82, 2.24) is 9.78 Å². The molecule has 132 valence electrons. The van der Waals surface area contributed by atoms with Gasteiger partial charge in [0.05, 0.1) is 24.2 Å². The number of ether oxygens (including phenoxy) is 1. The summed E-state index contributed by atoms with van der Waals surface area (Å²) in [5.74, 6) is 0. The number of hydrogen-bond donors (Lipinski definition) is 1. The molecule has 1 aromatic heterocycles. The third kappa shape index (κ3) is 5.23. The van der Waals surface area contributed by atoms with Crippen molar-refractivity contribution < 1.29 is 4.74 Å². The van der Waals surface area contributed by atoms with Gasteiger partial charge in [-0.15, -0.1) is 0 Å². The first-order valence-corrected chi connectivity index (χ1v) is 8.73. The molecule has 1 heterocycles. The molecular formula is C23H24N2O. The van der Waals surface area contributed by atoms with Crippen molar-refractivity contribution in [3.8, 4) is 5.69 Å². The van der Waals surface area contributed by atoms with E-state index in [2.05, 4.69) is 65.8 Å². The summed E-state index contributed by atoms with van der Waals surface area (Å²) < 4.78 is 6.94. The highest BCUT2D eigenvalue weighted by Crippen LogP contribution is 2.09. The zero-order valence-electron chi connectivity index (χ0n) is 15.0. The number of methoxy groups -OCH3 is 1. The Balaban J connectivity index is 0.000000151. The predicted octanol–water partition coefficient (Wildman–Crippen LogP) is 5.23. The average molecular weight is 344 g/mol. The van der Waals surface area contributed by atoms with Gasteiger partial charge >= 0.3 is 0 Å². The smallest absolute Gasteiger partial charge is 0.0892 e. The summed E-state index contributed by atoms with van der Waals surface area (Å²) in [5, 5.41) is 3.17. The Morgan fingerprint density at radius 2 is 1.19 bits per heavy atom. The summed E-state index contributed by atoms with van der Waals surface area (Å²) >= 11 is 0. The Bertz CT molecular complexity index is 815. The number of aromatic amines is 1. The highest BCUT2D eigenvalue weighted by Gasteiger charge is 2.01. The minimum Gasteiger partial charge on any atom is -0.378 e. The summed E-state index contributed by atoms with van der Waals surface area (Å²) in [6, 6.07) is 31.2. The lowest BCUT2D eigenvalue weighted by Gasteiger charge is -2.14. The van der Waals surface area contributed by atoms with Gasteiger partial charge in [-0.05, 0) is 29.7 Å². The van der Waals surface area contributed by atoms with Crippen LogP contribution in [0.5, 0.6) is 0 Å². The first-order chi connectivity index (χ1) is 12.8. The van der Waals surface area contributed by atoms with Gasteiger partial charge in [0.15, 0.2) is 0 Å². The highest BCUT2D eigenvalue weighted by molar-refractivity contribution is 5.31. The Morgan fingerprint density at radius 3 is 1.65 bits per heavy atom. The van der Waals surface area contributed by atoms with Crippen LogP contribution in [0.15, 0.2) is 97.2 Å². The highest BCUT2D eigenvalue weighted by atomic mass is 16.5. The molecule has 0 spiro atoms. The first kappa shape index (κ1) is 17.8. The Morgan fingerprint density at radius 1 is 0.731 bits per heavy atom. The Hall–Kier alpha value is -3.04. The molecule has 0 saturated carbocycles. The predicted molar refractivity (Wildman–Crippen MR) is 107 cm³/mol. The van der Waals surface area contributed by atoms with Crippen LogP contribution in [0.3, 0.4) is 0 Å². The SMILES string of the molecule is COCc1cn(-c2ccccc2)[nH]1.c1ccc(Cc2ccccc2)cc1. The van der Waals surface area contributed by atoms with E-state index in [4.69, 9.17) is 4.74 Å². The standard InChI is InChI=1S/C13H12.C10H12N2O/c1-3-7-12(8-4-1)11-13-9-5-2-6-10-13;1-13-8-9-7-12(11-9)10-5-3-2-4-6-10/h1-10H,11H2;2-7,11H,8H2,1H3. The summed E-state index contributed by atoms with van der Waals surface area (Å²) in [5.41, 5.74) is 4.98. The molecular weight excluding hydrogens is 320 g/mol. The van der Waals surface area contributed by atoms with Crippen molar-refractivity contribution in [2.24, 2.45) is 0 Å². The third-order valence-corrected chi connectivity index (χ3v) is 3.98. The molecule has 0 atom stereocenters. The summed E-state index contributed by atoms with van der Waals surface area (Å²) in [6.45, 7) is 0.642. The zero-order chi connectivity index (χ0) is 18.0. The molecule has 0 aliphatic heterocycles. The number of para-hydroxylation sites is 1. The van der Waals surface area contributed by atoms with Crippen LogP contribution in [0.2, 0.25) is 0 Å². The van der Waals surface area contributed by atoms with E-state index in [1.54, 1.807) is 7.11 Å². The number of rotatable bonds is 5. The number of H-pyrrole nitrogens is 1. The average Bonchev–Trinajstić information content (AvgIpc) is 2.67. The molecule has 3 heteroatoms. The lowest BCUT2D eigenvalue weighted by atomic mass is 10.1. The molecule has 1 N–H and O–H groups in total. The summed E-state index contributed by atoms with van der Waals surface area (Å²) in [6.07, 6.45) is 3.06. The van der Waals surface area contributed by atoms with Gasteiger partial charge in [0.1, 0.15) is 0 Å². The van der Waals surface area contributed by atoms with Crippen LogP contribution in [-0.4, -0.2) is 16.9 Å². The maximum Gasteiger partial charge on any atom is 0.0892 e. The van der Waals surface area contributed by atoms with Crippen LogP contribution >= 0.6 is 0 Å². The fourth-order valence-electron chi connectivity index (χ4n) is 2.69. The maximum atomic E-state index is 4.97. The molecule has 0 unspecified atom stereocenters. The van der Waals surface area contributed by atoms with Gasteiger partial charge in [0.25, 0.3) is 0 Å². The van der Waals surface area contributed by atoms with E-state index in [0.717, 1.165) is 17.8 Å². The zero-order valence-corrected chi connectivity index (χ0v) is 15.0. The fraction of sp³-hybridized carbons (Fsp3) is 0.130. The van der Waals surface area contributed by atoms with E-state index in [9.17, 15) is 0 Å². The molecule has 4 aromatic rings. The van der Waals surface area contributed by atoms with Gasteiger partial charge in [-0.3, -0.25) is 9.78 Å². The van der Waals surface area contributed by atoms with Crippen molar-refractivity contribution in [1.29, 1.82) is 0 Å². The lowest BCUT2D eigenvalue weighted by Crippen LogP contribution is -2.11. The van der Waals surface area contributed by atoms with E-state index in [1.807, 2.05) is 41.2 Å². The number of aromatic nitrogens is 2. The van der Waals surface area contributed by atoms with Crippen LogP contribution in [0.1, 0.15) is 16.8 Å². The van der Waals surface area contributed by atoms with Gasteiger partial charge in [0, 0.05) is 7.11 Å². The molecule has 26 heavy (non-hydrogen) atoms. The molecule has 3 aromatic carbocycles. The van der Waals surface area contributed by atoms with Crippen LogP contribution in [-0.2, 0) is 17.8 Å². The van der Waals surface area contributed by atoms with Crippen molar-refractivity contribution in [3.05, 3.63) is 114 Å². The molecule has 0 saturated heterocycles. The largest absolute Gasteiger partial charge is 0.378 e. The van der Waals surface area contributed by atoms with Gasteiger partial charge in [-0.2, -0.15) is 0 Å². The minimum absolute atomic E-state index is 0.642. The van der Waals surface area contributed by atoms with E-state index < -0.39 is 0 Å². The minimum atomic E-state index is 0.642. The van der Waals surface area contributed by atoms with Crippen molar-refractivity contribution in [2.45, 2.75) is 13.0 Å². The number of nitrogens with one attached hydrogen (secondary N) is 1. The summed E-state index contributed by atoms with van der Waals surface area (Å²) in [7, 11) is 1.69. The molecule has 0 aliphatic carbocycles. The molecule has 0 amide bonds. The van der Waals surface area contributed by atoms with E-state index in [-0.39, 0.29) is 0 Å². The monoisotopic (exact) mass is 344 g/mol. The maximum absolute atomic E-state index is 4.97. The van der Waals surface area contributed by atoms with Gasteiger partial charge in [-0.1, -0.05) is 78.9 Å². The van der Waals surface area contributed by atoms with Crippen molar-refractivity contribution >= 4 is 0 Å². The second-order valence-electron chi connectivity index (χ2n) is 6.05. The second kappa shape index (κ2) is 9.44. The quantitative estimate of drug-likeness (QED) is 0.528. The van der Waals surface area contributed by atoms with E-state index in [0.29, 0.717) is 6.61 Å². The van der Waals surface area contributed by atoms with Crippen LogP contribution in [0, 0.1) is 0 Å². The molecule has 0 fully saturated rings. The number of benzene rings is 3. The number of hydrogen-bond acceptors (Lipinski definition) is 1.